The Balaban J connectivity index is 1.46. The molecule has 1 saturated heterocycles. The Bertz CT molecular complexity index is 1560. The molecule has 0 aliphatic carbocycles. The van der Waals surface area contributed by atoms with Crippen LogP contribution in [0.15, 0.2) is 121 Å². The lowest BCUT2D eigenvalue weighted by Gasteiger charge is -2.42. The van der Waals surface area contributed by atoms with Gasteiger partial charge in [0.25, 0.3) is 0 Å². The van der Waals surface area contributed by atoms with E-state index in [0.717, 1.165) is 0 Å². The van der Waals surface area contributed by atoms with Gasteiger partial charge in [-0.15, -0.1) is 0 Å². The molecular weight excluding hydrogens is 568 g/mol. The molecule has 224 valence electrons. The van der Waals surface area contributed by atoms with E-state index in [-0.39, 0.29) is 22.3 Å². The molecule has 0 radical (unpaired) electrons. The molecule has 0 aromatic heterocycles. The quantitative estimate of drug-likeness (QED) is 0.221. The second-order valence-electron chi connectivity index (χ2n) is 9.74. The molecule has 4 aromatic rings. The zero-order valence-electron chi connectivity index (χ0n) is 23.3. The molecule has 1 N–H and O–H groups in total. The highest BCUT2D eigenvalue weighted by Gasteiger charge is 2.52. The Kier molecular flexibility index (Phi) is 9.75. The van der Waals surface area contributed by atoms with Crippen LogP contribution < -0.4 is 0 Å². The maximum absolute atomic E-state index is 13.2. The Morgan fingerprint density at radius 3 is 1.32 bits per heavy atom. The molecule has 0 amide bonds. The van der Waals surface area contributed by atoms with Crippen LogP contribution in [0.3, 0.4) is 0 Å². The van der Waals surface area contributed by atoms with Gasteiger partial charge in [0, 0.05) is 0 Å². The number of carbonyl (C=O) groups excluding carboxylic acids is 4. The Morgan fingerprint density at radius 1 is 0.523 bits per heavy atom. The first kappa shape index (κ1) is 30.1. The van der Waals surface area contributed by atoms with E-state index >= 15 is 0 Å². The van der Waals surface area contributed by atoms with Gasteiger partial charge in [0.2, 0.25) is 12.4 Å². The number of benzene rings is 4. The summed E-state index contributed by atoms with van der Waals surface area (Å²) in [4.78, 5) is 52.1. The first-order valence-corrected chi connectivity index (χ1v) is 13.7. The molecule has 0 spiro atoms. The van der Waals surface area contributed by atoms with Gasteiger partial charge in [0.1, 0.15) is 18.8 Å². The van der Waals surface area contributed by atoms with Crippen molar-refractivity contribution in [3.8, 4) is 0 Å². The lowest BCUT2D eigenvalue weighted by atomic mass is 9.98. The maximum atomic E-state index is 13.2. The van der Waals surface area contributed by atoms with Gasteiger partial charge in [-0.3, -0.25) is 0 Å². The number of aliphatic hydroxyl groups excluding tert-OH is 1. The molecule has 1 fully saturated rings. The zero-order valence-corrected chi connectivity index (χ0v) is 23.3. The van der Waals surface area contributed by atoms with E-state index in [1.54, 1.807) is 84.9 Å². The highest BCUT2D eigenvalue weighted by atomic mass is 16.7. The van der Waals surface area contributed by atoms with Crippen LogP contribution >= 0.6 is 0 Å². The van der Waals surface area contributed by atoms with Gasteiger partial charge >= 0.3 is 23.9 Å². The molecule has 1 aliphatic heterocycles. The summed E-state index contributed by atoms with van der Waals surface area (Å²) in [6, 6.07) is 32.1. The summed E-state index contributed by atoms with van der Waals surface area (Å²) in [6.45, 7) is -0.507. The van der Waals surface area contributed by atoms with Crippen molar-refractivity contribution in [3.05, 3.63) is 144 Å². The normalized spacial score (nSPS) is 21.0. The molecule has 1 aliphatic rings. The molecule has 10 nitrogen and oxygen atoms in total. The molecular formula is C34H28O10. The van der Waals surface area contributed by atoms with Crippen LogP contribution in [-0.2, 0) is 23.7 Å². The first-order chi connectivity index (χ1) is 21.4. The Labute approximate surface area is 252 Å². The van der Waals surface area contributed by atoms with Crippen molar-refractivity contribution in [2.24, 2.45) is 0 Å². The van der Waals surface area contributed by atoms with Crippen LogP contribution in [0.25, 0.3) is 0 Å². The van der Waals surface area contributed by atoms with Crippen molar-refractivity contribution in [1.29, 1.82) is 0 Å². The average Bonchev–Trinajstić information content (AvgIpc) is 3.08. The topological polar surface area (TPSA) is 135 Å². The van der Waals surface area contributed by atoms with E-state index in [2.05, 4.69) is 0 Å². The minimum atomic E-state index is -1.67. The second kappa shape index (κ2) is 14.2. The van der Waals surface area contributed by atoms with Crippen molar-refractivity contribution < 1.29 is 48.0 Å². The number of carbonyl (C=O) groups is 4. The largest absolute Gasteiger partial charge is 0.459 e. The fourth-order valence-electron chi connectivity index (χ4n) is 4.48. The van der Waals surface area contributed by atoms with E-state index < -0.39 is 61.2 Å². The summed E-state index contributed by atoms with van der Waals surface area (Å²) in [5.74, 6) is -3.22. The summed E-state index contributed by atoms with van der Waals surface area (Å²) < 4.78 is 28.3. The molecule has 5 atom stereocenters. The zero-order chi connectivity index (χ0) is 30.9. The van der Waals surface area contributed by atoms with Gasteiger partial charge in [-0.05, 0) is 48.5 Å². The molecule has 0 bridgehead atoms. The Hall–Kier alpha value is -5.32. The van der Waals surface area contributed by atoms with Crippen LogP contribution in [0.5, 0.6) is 0 Å². The molecule has 0 unspecified atom stereocenters. The van der Waals surface area contributed by atoms with Crippen molar-refractivity contribution in [1.82, 2.24) is 0 Å². The monoisotopic (exact) mass is 596 g/mol. The SMILES string of the molecule is O=C(OC[C@@H]1O[C@H](OC(=O)c2ccccc2)[C@@H](OC(=O)c2ccccc2)[C@@H](OC(=O)c2ccccc2)[C@@H]1O)c1ccccc1. The third-order valence-electron chi connectivity index (χ3n) is 6.74. The summed E-state index contributed by atoms with van der Waals surface area (Å²) >= 11 is 0. The summed E-state index contributed by atoms with van der Waals surface area (Å²) in [5.41, 5.74) is 0.734. The Morgan fingerprint density at radius 2 is 0.886 bits per heavy atom. The number of hydrogen-bond acceptors (Lipinski definition) is 10. The number of rotatable bonds is 9. The predicted octanol–water partition coefficient (Wildman–Crippen LogP) is 4.24. The van der Waals surface area contributed by atoms with Crippen LogP contribution in [-0.4, -0.2) is 66.3 Å². The van der Waals surface area contributed by atoms with E-state index in [0.29, 0.717) is 0 Å². The van der Waals surface area contributed by atoms with E-state index in [1.165, 1.54) is 36.4 Å². The van der Waals surface area contributed by atoms with E-state index in [9.17, 15) is 24.3 Å². The van der Waals surface area contributed by atoms with Gasteiger partial charge in [-0.25, -0.2) is 19.2 Å². The van der Waals surface area contributed by atoms with Gasteiger partial charge < -0.3 is 28.8 Å². The third-order valence-corrected chi connectivity index (χ3v) is 6.74. The number of hydrogen-bond donors (Lipinski definition) is 1. The maximum Gasteiger partial charge on any atom is 0.340 e. The molecule has 1 heterocycles. The molecule has 10 heteroatoms. The summed E-state index contributed by atoms with van der Waals surface area (Å²) in [7, 11) is 0. The minimum Gasteiger partial charge on any atom is -0.459 e. The van der Waals surface area contributed by atoms with E-state index in [1.807, 2.05) is 0 Å². The minimum absolute atomic E-state index is 0.155. The lowest BCUT2D eigenvalue weighted by Crippen LogP contribution is -2.62. The summed E-state index contributed by atoms with van der Waals surface area (Å²) in [6.07, 6.45) is -7.91. The van der Waals surface area contributed by atoms with Crippen LogP contribution in [0.2, 0.25) is 0 Å². The highest BCUT2D eigenvalue weighted by molar-refractivity contribution is 5.91. The van der Waals surface area contributed by atoms with Crippen LogP contribution in [0, 0.1) is 0 Å². The highest BCUT2D eigenvalue weighted by Crippen LogP contribution is 2.30. The summed E-state index contributed by atoms with van der Waals surface area (Å²) in [5, 5.41) is 11.4. The standard InChI is InChI=1S/C34H28O10/c35-27-26(21-40-30(36)22-13-5-1-6-14-22)41-34(44-33(39)25-19-11-4-12-20-25)29(43-32(38)24-17-9-3-10-18-24)28(27)42-31(37)23-15-7-2-8-16-23/h1-20,26-29,34-35H,21H2/t26-,27+,28-,29-,34+/m0/s1. The van der Waals surface area contributed by atoms with Gasteiger partial charge in [-0.1, -0.05) is 72.8 Å². The van der Waals surface area contributed by atoms with Crippen LogP contribution in [0.1, 0.15) is 41.4 Å². The molecule has 5 rings (SSSR count). The third kappa shape index (κ3) is 7.35. The number of aliphatic hydroxyl groups is 1. The molecule has 0 saturated carbocycles. The van der Waals surface area contributed by atoms with Crippen molar-refractivity contribution in [3.63, 3.8) is 0 Å². The number of esters is 4. The van der Waals surface area contributed by atoms with Gasteiger partial charge in [0.05, 0.1) is 22.3 Å². The smallest absolute Gasteiger partial charge is 0.340 e. The van der Waals surface area contributed by atoms with Crippen molar-refractivity contribution >= 4 is 23.9 Å². The lowest BCUT2D eigenvalue weighted by molar-refractivity contribution is -0.283. The fourth-order valence-corrected chi connectivity index (χ4v) is 4.48. The van der Waals surface area contributed by atoms with E-state index in [4.69, 9.17) is 23.7 Å². The van der Waals surface area contributed by atoms with Gasteiger partial charge in [-0.2, -0.15) is 0 Å². The first-order valence-electron chi connectivity index (χ1n) is 13.7. The molecule has 44 heavy (non-hydrogen) atoms. The van der Waals surface area contributed by atoms with Crippen molar-refractivity contribution in [2.75, 3.05) is 6.61 Å². The fraction of sp³-hybridized carbons (Fsp3) is 0.176. The predicted molar refractivity (Wildman–Crippen MR) is 155 cm³/mol. The molecule has 4 aromatic carbocycles. The second-order valence-corrected chi connectivity index (χ2v) is 9.74. The van der Waals surface area contributed by atoms with Crippen molar-refractivity contribution in [2.45, 2.75) is 30.7 Å². The number of ether oxygens (including phenoxy) is 5. The average molecular weight is 597 g/mol. The van der Waals surface area contributed by atoms with Crippen LogP contribution in [0.4, 0.5) is 0 Å². The van der Waals surface area contributed by atoms with Gasteiger partial charge in [0.15, 0.2) is 6.10 Å².